The molecule has 0 saturated carbocycles. The summed E-state index contributed by atoms with van der Waals surface area (Å²) in [7, 11) is 0. The summed E-state index contributed by atoms with van der Waals surface area (Å²) in [5.74, 6) is 0.341. The van der Waals surface area contributed by atoms with E-state index in [0.29, 0.717) is 42.6 Å². The summed E-state index contributed by atoms with van der Waals surface area (Å²) in [4.78, 5) is 33.9. The smallest absolute Gasteiger partial charge is 0.262 e. The highest BCUT2D eigenvalue weighted by Crippen LogP contribution is 2.32. The quantitative estimate of drug-likeness (QED) is 0.667. The lowest BCUT2D eigenvalue weighted by molar-refractivity contribution is 0.0737. The van der Waals surface area contributed by atoms with E-state index >= 15 is 0 Å². The van der Waals surface area contributed by atoms with Gasteiger partial charge in [0.05, 0.1) is 18.3 Å². The van der Waals surface area contributed by atoms with Crippen LogP contribution < -0.4 is 5.56 Å². The van der Waals surface area contributed by atoms with Crippen molar-refractivity contribution in [3.63, 3.8) is 0 Å². The molecule has 2 aromatic heterocycles. The van der Waals surface area contributed by atoms with Crippen LogP contribution in [-0.2, 0) is 19.5 Å². The number of hydrogen-bond acceptors (Lipinski definition) is 4. The number of carbonyl (C=O) groups is 1. The number of hydrogen-bond donors (Lipinski definition) is 0. The van der Waals surface area contributed by atoms with Gasteiger partial charge in [0.2, 0.25) is 0 Å². The van der Waals surface area contributed by atoms with Crippen molar-refractivity contribution in [1.82, 2.24) is 14.5 Å². The molecule has 1 amide bonds. The van der Waals surface area contributed by atoms with Gasteiger partial charge in [-0.05, 0) is 36.1 Å². The number of aromatic nitrogens is 2. The summed E-state index contributed by atoms with van der Waals surface area (Å²) in [5.41, 5.74) is 1.67. The van der Waals surface area contributed by atoms with E-state index in [9.17, 15) is 9.59 Å². The summed E-state index contributed by atoms with van der Waals surface area (Å²) < 4.78 is 1.70. The molecule has 0 bridgehead atoms. The molecule has 0 radical (unpaired) electrons. The van der Waals surface area contributed by atoms with Gasteiger partial charge in [0, 0.05) is 28.6 Å². The molecule has 1 aliphatic heterocycles. The highest BCUT2D eigenvalue weighted by molar-refractivity contribution is 7.18. The van der Waals surface area contributed by atoms with Crippen LogP contribution in [0.5, 0.6) is 0 Å². The molecule has 5 nitrogen and oxygen atoms in total. The van der Waals surface area contributed by atoms with E-state index in [-0.39, 0.29) is 11.5 Å². The minimum atomic E-state index is -0.0363. The fourth-order valence-electron chi connectivity index (χ4n) is 3.52. The number of nitrogens with zero attached hydrogens (tertiary/aromatic N) is 3. The van der Waals surface area contributed by atoms with Crippen LogP contribution >= 0.6 is 22.9 Å². The van der Waals surface area contributed by atoms with E-state index < -0.39 is 0 Å². The molecule has 0 atom stereocenters. The maximum absolute atomic E-state index is 12.9. The lowest BCUT2D eigenvalue weighted by atomic mass is 10.0. The van der Waals surface area contributed by atoms with Crippen LogP contribution in [-0.4, -0.2) is 26.9 Å². The van der Waals surface area contributed by atoms with E-state index in [1.165, 1.54) is 11.3 Å². The van der Waals surface area contributed by atoms with Crippen LogP contribution in [0.15, 0.2) is 35.4 Å². The summed E-state index contributed by atoms with van der Waals surface area (Å²) in [6.45, 7) is 5.91. The molecule has 1 aliphatic rings. The van der Waals surface area contributed by atoms with Gasteiger partial charge in [-0.1, -0.05) is 31.5 Å². The van der Waals surface area contributed by atoms with Gasteiger partial charge in [-0.15, -0.1) is 11.3 Å². The van der Waals surface area contributed by atoms with Gasteiger partial charge in [0.15, 0.2) is 0 Å². The van der Waals surface area contributed by atoms with E-state index in [2.05, 4.69) is 18.8 Å². The molecular weight excluding hydrogens is 382 g/mol. The molecule has 0 unspecified atom stereocenters. The van der Waals surface area contributed by atoms with Gasteiger partial charge >= 0.3 is 0 Å². The lowest BCUT2D eigenvalue weighted by Crippen LogP contribution is -2.35. The summed E-state index contributed by atoms with van der Waals surface area (Å²) in [6, 6.07) is 7.01. The Balaban J connectivity index is 1.67. The maximum atomic E-state index is 12.9. The van der Waals surface area contributed by atoms with Crippen LogP contribution in [0.1, 0.15) is 34.6 Å². The van der Waals surface area contributed by atoms with E-state index in [1.807, 2.05) is 4.90 Å². The Morgan fingerprint density at radius 3 is 2.93 bits per heavy atom. The largest absolute Gasteiger partial charge is 0.333 e. The normalized spacial score (nSPS) is 14.0. The fourth-order valence-corrected chi connectivity index (χ4v) is 4.90. The van der Waals surface area contributed by atoms with Gasteiger partial charge < -0.3 is 4.90 Å². The van der Waals surface area contributed by atoms with Gasteiger partial charge in [-0.25, -0.2) is 4.98 Å². The summed E-state index contributed by atoms with van der Waals surface area (Å²) in [5, 5.41) is 1.28. The first kappa shape index (κ1) is 18.2. The number of fused-ring (bicyclic) bond motifs is 3. The predicted octanol–water partition coefficient (Wildman–Crippen LogP) is 3.97. The molecule has 3 heterocycles. The predicted molar refractivity (Wildman–Crippen MR) is 109 cm³/mol. The van der Waals surface area contributed by atoms with Crippen molar-refractivity contribution in [2.45, 2.75) is 33.4 Å². The Labute approximate surface area is 166 Å². The number of carbonyl (C=O) groups excluding carboxylic acids is 1. The molecule has 7 heteroatoms. The van der Waals surface area contributed by atoms with E-state index in [4.69, 9.17) is 11.6 Å². The van der Waals surface area contributed by atoms with Crippen LogP contribution in [0.25, 0.3) is 10.2 Å². The average molecular weight is 402 g/mol. The number of halogens is 1. The van der Waals surface area contributed by atoms with Crippen LogP contribution in [0.2, 0.25) is 5.02 Å². The number of benzene rings is 1. The summed E-state index contributed by atoms with van der Waals surface area (Å²) in [6.07, 6.45) is 2.31. The number of thiophene rings is 1. The second-order valence-corrected chi connectivity index (χ2v) is 8.79. The first-order valence-corrected chi connectivity index (χ1v) is 10.2. The Morgan fingerprint density at radius 1 is 1.37 bits per heavy atom. The van der Waals surface area contributed by atoms with Crippen molar-refractivity contribution in [2.75, 3.05) is 6.54 Å². The minimum Gasteiger partial charge on any atom is -0.333 e. The van der Waals surface area contributed by atoms with Crippen LogP contribution in [0.3, 0.4) is 0 Å². The Bertz CT molecular complexity index is 1090. The fraction of sp³-hybridized carbons (Fsp3) is 0.350. The molecule has 0 N–H and O–H groups in total. The zero-order chi connectivity index (χ0) is 19.1. The third-order valence-corrected chi connectivity index (χ3v) is 6.11. The first-order valence-electron chi connectivity index (χ1n) is 8.98. The molecule has 1 aromatic carbocycles. The molecular formula is C20H20ClN3O2S. The lowest BCUT2D eigenvalue weighted by Gasteiger charge is -2.27. The number of amides is 1. The van der Waals surface area contributed by atoms with Crippen molar-refractivity contribution >= 4 is 39.1 Å². The molecule has 0 saturated heterocycles. The minimum absolute atomic E-state index is 0.0285. The third-order valence-electron chi connectivity index (χ3n) is 4.75. The number of rotatable bonds is 3. The zero-order valence-corrected chi connectivity index (χ0v) is 16.8. The highest BCUT2D eigenvalue weighted by atomic mass is 35.5. The van der Waals surface area contributed by atoms with Gasteiger partial charge in [0.25, 0.3) is 11.5 Å². The van der Waals surface area contributed by atoms with Crippen molar-refractivity contribution in [1.29, 1.82) is 0 Å². The molecule has 3 aromatic rings. The zero-order valence-electron chi connectivity index (χ0n) is 15.2. The van der Waals surface area contributed by atoms with Gasteiger partial charge in [-0.3, -0.25) is 14.2 Å². The van der Waals surface area contributed by atoms with Gasteiger partial charge in [0.1, 0.15) is 4.83 Å². The Hall–Kier alpha value is -2.18. The third kappa shape index (κ3) is 3.39. The van der Waals surface area contributed by atoms with Crippen molar-refractivity contribution < 1.29 is 4.79 Å². The first-order chi connectivity index (χ1) is 12.9. The summed E-state index contributed by atoms with van der Waals surface area (Å²) >= 11 is 7.53. The average Bonchev–Trinajstić information content (AvgIpc) is 3.01. The van der Waals surface area contributed by atoms with Crippen molar-refractivity contribution in [2.24, 2.45) is 5.92 Å². The van der Waals surface area contributed by atoms with Crippen molar-refractivity contribution in [3.05, 3.63) is 62.0 Å². The SMILES string of the molecule is CC(C)Cn1cnc2sc3c(c2c1=O)CCN(C(=O)c1cccc(Cl)c1)C3. The second kappa shape index (κ2) is 7.09. The van der Waals surface area contributed by atoms with Gasteiger partial charge in [-0.2, -0.15) is 0 Å². The maximum Gasteiger partial charge on any atom is 0.262 e. The monoisotopic (exact) mass is 401 g/mol. The van der Waals surface area contributed by atoms with Crippen molar-refractivity contribution in [3.8, 4) is 0 Å². The Kier molecular flexibility index (Phi) is 4.78. The molecule has 0 spiro atoms. The second-order valence-electron chi connectivity index (χ2n) is 7.27. The topological polar surface area (TPSA) is 55.2 Å². The highest BCUT2D eigenvalue weighted by Gasteiger charge is 2.27. The molecule has 27 heavy (non-hydrogen) atoms. The standard InChI is InChI=1S/C20H20ClN3O2S/c1-12(2)9-24-11-22-18-17(20(24)26)15-6-7-23(10-16(15)27-18)19(25)13-4-3-5-14(21)8-13/h3-5,8,11-12H,6-7,9-10H2,1-2H3. The Morgan fingerprint density at radius 2 is 2.19 bits per heavy atom. The molecule has 0 aliphatic carbocycles. The van der Waals surface area contributed by atoms with E-state index in [0.717, 1.165) is 20.7 Å². The molecule has 4 rings (SSSR count). The van der Waals surface area contributed by atoms with Crippen LogP contribution in [0.4, 0.5) is 0 Å². The van der Waals surface area contributed by atoms with E-state index in [1.54, 1.807) is 35.2 Å². The molecule has 140 valence electrons. The molecule has 0 fully saturated rings. The van der Waals surface area contributed by atoms with Crippen LogP contribution in [0, 0.1) is 5.92 Å².